The number of nitrogens with zero attached hydrogens (tertiary/aromatic N) is 2. The lowest BCUT2D eigenvalue weighted by Crippen LogP contribution is -2.62. The molecule has 6 N–H and O–H groups in total. The molecule has 79 heavy (non-hydrogen) atoms. The third-order valence-corrected chi connectivity index (χ3v) is 18.6. The van der Waals surface area contributed by atoms with Crippen LogP contribution in [-0.4, -0.2) is 194 Å². The first-order chi connectivity index (χ1) is 36.8. The van der Waals surface area contributed by atoms with Crippen LogP contribution >= 0.6 is 0 Å². The average Bonchev–Trinajstić information content (AvgIpc) is 3.40. The number of carboxylic acid groups (broad SMARTS) is 1. The first-order valence-electron chi connectivity index (χ1n) is 27.9. The topological polar surface area (TPSA) is 289 Å². The molecule has 0 aliphatic carbocycles. The van der Waals surface area contributed by atoms with Gasteiger partial charge in [-0.15, -0.1) is 0 Å². The van der Waals surface area contributed by atoms with E-state index < -0.39 is 129 Å². The number of anilines is 1. The highest BCUT2D eigenvalue weighted by atomic mass is 32.2. The molecule has 0 amide bonds. The smallest absolute Gasteiger partial charge is 0.341 e. The van der Waals surface area contributed by atoms with Crippen LogP contribution in [0.3, 0.4) is 0 Å². The molecule has 3 fully saturated rings. The van der Waals surface area contributed by atoms with Crippen molar-refractivity contribution in [2.45, 2.75) is 205 Å². The minimum atomic E-state index is -4.23. The van der Waals surface area contributed by atoms with E-state index in [1.807, 2.05) is 43.5 Å². The number of aliphatic hydroxyl groups is 3. The Hall–Kier alpha value is -3.69. The van der Waals surface area contributed by atoms with E-state index in [1.165, 1.54) is 34.3 Å². The van der Waals surface area contributed by atoms with E-state index in [1.54, 1.807) is 54.5 Å². The number of ether oxygens (including phenoxy) is 7. The molecule has 2 aromatic rings. The second-order valence-corrected chi connectivity index (χ2v) is 25.4. The number of carbonyl (C=O) groups excluding carboxylic acids is 2. The molecule has 1 aromatic carbocycles. The number of pyridine rings is 1. The first-order valence-corrected chi connectivity index (χ1v) is 29.4. The van der Waals surface area contributed by atoms with Gasteiger partial charge >= 0.3 is 11.9 Å². The normalized spacial score (nSPS) is 38.1. The number of aryl methyl sites for hydroxylation is 1. The van der Waals surface area contributed by atoms with Gasteiger partial charge in [0.2, 0.25) is 5.43 Å². The molecule has 4 aliphatic rings. The maximum atomic E-state index is 14.6. The van der Waals surface area contributed by atoms with Gasteiger partial charge in [0.05, 0.1) is 58.9 Å². The number of esters is 1. The van der Waals surface area contributed by atoms with E-state index >= 15 is 0 Å². The lowest BCUT2D eigenvalue weighted by atomic mass is 9.74. The number of hydrogen-bond donors (Lipinski definition) is 6. The van der Waals surface area contributed by atoms with Gasteiger partial charge in [-0.2, -0.15) is 8.42 Å². The highest BCUT2D eigenvalue weighted by Gasteiger charge is 2.55. The number of ketones is 1. The zero-order chi connectivity index (χ0) is 58.9. The van der Waals surface area contributed by atoms with Crippen molar-refractivity contribution in [1.82, 2.24) is 14.8 Å². The summed E-state index contributed by atoms with van der Waals surface area (Å²) in [6, 6.07) is 3.27. The fraction of sp³-hybridized carbons (Fsp3) is 0.786. The third kappa shape index (κ3) is 14.0. The monoisotopic (exact) mass is 1140 g/mol. The Morgan fingerprint density at radius 2 is 1.56 bits per heavy atom. The molecule has 3 saturated heterocycles. The number of hydrogen-bond acceptors (Lipinski definition) is 20. The van der Waals surface area contributed by atoms with E-state index in [0.29, 0.717) is 30.6 Å². The van der Waals surface area contributed by atoms with Crippen LogP contribution in [0.2, 0.25) is 0 Å². The van der Waals surface area contributed by atoms with Gasteiger partial charge in [0.25, 0.3) is 10.1 Å². The molecule has 0 saturated carbocycles. The van der Waals surface area contributed by atoms with Gasteiger partial charge in [-0.05, 0) is 112 Å². The van der Waals surface area contributed by atoms with E-state index in [-0.39, 0.29) is 55.3 Å². The third-order valence-electron chi connectivity index (χ3n) is 17.4. The molecule has 448 valence electrons. The number of likely N-dealkylation sites (N-methyl/N-ethyl adjacent to an activating group) is 1. The van der Waals surface area contributed by atoms with Crippen molar-refractivity contribution >= 4 is 44.4 Å². The molecular weight excluding hydrogens is 1050 g/mol. The van der Waals surface area contributed by atoms with Gasteiger partial charge in [-0.3, -0.25) is 18.6 Å². The van der Waals surface area contributed by atoms with Crippen molar-refractivity contribution in [3.63, 3.8) is 0 Å². The lowest BCUT2D eigenvalue weighted by Gasteiger charge is -2.50. The molecule has 6 rings (SSSR count). The van der Waals surface area contributed by atoms with Crippen LogP contribution in [0.4, 0.5) is 5.69 Å². The molecule has 5 heterocycles. The summed E-state index contributed by atoms with van der Waals surface area (Å²) in [4.78, 5) is 55.9. The quantitative estimate of drug-likeness (QED) is 0.0698. The zero-order valence-corrected chi connectivity index (χ0v) is 49.7. The van der Waals surface area contributed by atoms with Crippen molar-refractivity contribution in [1.29, 1.82) is 0 Å². The van der Waals surface area contributed by atoms with Gasteiger partial charge < -0.3 is 73.7 Å². The Balaban J connectivity index is 1.21. The van der Waals surface area contributed by atoms with Gasteiger partial charge in [-0.25, -0.2) is 4.79 Å². The molecule has 22 nitrogen and oxygen atoms in total. The first kappa shape index (κ1) is 64.5. The summed E-state index contributed by atoms with van der Waals surface area (Å²) < 4.78 is 80.2. The maximum Gasteiger partial charge on any atom is 0.341 e. The summed E-state index contributed by atoms with van der Waals surface area (Å²) in [7, 11) is 2.36. The van der Waals surface area contributed by atoms with Crippen LogP contribution in [-0.2, 0) is 63.5 Å². The summed E-state index contributed by atoms with van der Waals surface area (Å²) in [5, 5.41) is 51.7. The van der Waals surface area contributed by atoms with Gasteiger partial charge in [0, 0.05) is 87.4 Å². The summed E-state index contributed by atoms with van der Waals surface area (Å²) in [5.41, 5.74) is -3.32. The zero-order valence-electron chi connectivity index (χ0n) is 48.8. The van der Waals surface area contributed by atoms with Gasteiger partial charge in [0.15, 0.2) is 12.6 Å². The second-order valence-electron chi connectivity index (χ2n) is 23.6. The largest absolute Gasteiger partial charge is 0.477 e. The fourth-order valence-corrected chi connectivity index (χ4v) is 13.6. The van der Waals surface area contributed by atoms with Crippen molar-refractivity contribution < 1.29 is 80.6 Å². The highest BCUT2D eigenvalue weighted by Crippen LogP contribution is 2.43. The number of aromatic carboxylic acids is 1. The Morgan fingerprint density at radius 1 is 0.899 bits per heavy atom. The van der Waals surface area contributed by atoms with E-state index in [4.69, 9.17) is 37.3 Å². The van der Waals surface area contributed by atoms with E-state index in [2.05, 4.69) is 10.6 Å². The summed E-state index contributed by atoms with van der Waals surface area (Å²) in [6.45, 7) is 19.3. The average molecular weight is 1140 g/mol. The lowest BCUT2D eigenvalue weighted by molar-refractivity contribution is -0.317. The predicted molar refractivity (Wildman–Crippen MR) is 293 cm³/mol. The molecular formula is C56H90N4O18S. The summed E-state index contributed by atoms with van der Waals surface area (Å²) in [6.07, 6.45) is -7.68. The molecule has 4 aliphatic heterocycles. The SMILES string of the molecule is CC[C@H]1OC(=O)[C@H](C)[C@@H](O[C@H]2C[C@@](C)(OC)[C@@H](OS(=O)(=O)CCNCCNc3cc4c5c(c3)c(=O)c(C(=O)O)cn5C(C)CC4)[C@H](C)O2)[C@H](C)[C@@H](O[C@@H]2O[C@H](C)C[C@H](N(C)C)[C@H]2O)[C@](C)(OC)C[C@@H](C)C(=O)[C@H](C)[C@@H](O)[C@]1(C)O. The number of nitrogens with one attached hydrogen (secondary N) is 2. The molecule has 0 bridgehead atoms. The standard InChI is InChI=1S/C56H90N4O18S/c1-16-41-56(11,68)48(64)32(5)44(61)29(2)26-54(9,71-14)49(77-53-46(63)40(59(12)13)23-31(4)73-53)33(6)47(34(7)52(67)75-41)76-42-27-55(10,72-15)50(35(8)74-42)78-79(69,70)22-21-57-19-20-58-37-24-36-18-17-30(3)60-28-39(51(65)66)45(62)38(25-37)43(36)60/h24-25,28-35,40-42,46-50,53,57-58,63-64,68H,16-23,26-27H2,1-15H3,(H,65,66)/t29-,30?,31-,32+,33+,34-,35+,40+,41-,42+,46-,47+,48-,49-,50+,53+,54-,55-,56-/m1/s1. The number of Topliss-reactive ketones (excluding diaryl/α,β-unsaturated/α-hetero) is 1. The number of aromatic nitrogens is 1. The van der Waals surface area contributed by atoms with Crippen molar-refractivity contribution in [2.75, 3.05) is 59.0 Å². The molecule has 1 unspecified atom stereocenters. The second kappa shape index (κ2) is 25.8. The molecule has 0 spiro atoms. The van der Waals surface area contributed by atoms with Crippen LogP contribution in [0.25, 0.3) is 10.9 Å². The van der Waals surface area contributed by atoms with Crippen LogP contribution in [0.15, 0.2) is 23.1 Å². The molecule has 23 heteroatoms. The number of cyclic esters (lactones) is 1. The highest BCUT2D eigenvalue weighted by molar-refractivity contribution is 7.86. The fourth-order valence-electron chi connectivity index (χ4n) is 12.5. The number of benzene rings is 1. The van der Waals surface area contributed by atoms with Gasteiger partial charge in [0.1, 0.15) is 35.3 Å². The molecule has 19 atom stereocenters. The van der Waals surface area contributed by atoms with Crippen LogP contribution in [0.1, 0.15) is 130 Å². The van der Waals surface area contributed by atoms with Crippen molar-refractivity contribution in [2.24, 2.45) is 23.7 Å². The van der Waals surface area contributed by atoms with Crippen molar-refractivity contribution in [3.05, 3.63) is 39.7 Å². The number of carbonyl (C=O) groups is 3. The van der Waals surface area contributed by atoms with Gasteiger partial charge in [-0.1, -0.05) is 27.7 Å². The minimum absolute atomic E-state index is 0.0169. The number of rotatable bonds is 18. The number of carboxylic acids is 1. The maximum absolute atomic E-state index is 14.6. The Bertz CT molecular complexity index is 2640. The minimum Gasteiger partial charge on any atom is -0.477 e. The predicted octanol–water partition coefficient (Wildman–Crippen LogP) is 4.02. The Morgan fingerprint density at radius 3 is 2.18 bits per heavy atom. The summed E-state index contributed by atoms with van der Waals surface area (Å²) in [5.74, 6) is -6.75. The Kier molecular flexibility index (Phi) is 21.1. The van der Waals surface area contributed by atoms with E-state index in [0.717, 1.165) is 23.9 Å². The van der Waals surface area contributed by atoms with E-state index in [9.17, 15) is 48.0 Å². The Labute approximate surface area is 465 Å². The van der Waals surface area contributed by atoms with Crippen LogP contribution < -0.4 is 16.1 Å². The van der Waals surface area contributed by atoms with Crippen LogP contribution in [0, 0.1) is 23.7 Å². The number of aliphatic hydroxyl groups excluding tert-OH is 2. The molecule has 0 radical (unpaired) electrons. The van der Waals surface area contributed by atoms with Crippen LogP contribution in [0.5, 0.6) is 0 Å². The number of methoxy groups -OCH3 is 2. The molecule has 1 aromatic heterocycles. The summed E-state index contributed by atoms with van der Waals surface area (Å²) >= 11 is 0. The van der Waals surface area contributed by atoms with Crippen molar-refractivity contribution in [3.8, 4) is 0 Å².